The minimum absolute atomic E-state index is 0.0207. The van der Waals surface area contributed by atoms with Gasteiger partial charge in [-0.1, -0.05) is 45.9 Å². The van der Waals surface area contributed by atoms with Gasteiger partial charge in [0.1, 0.15) is 4.90 Å². The number of amides is 1. The Bertz CT molecular complexity index is 1000. The molecule has 0 aliphatic carbocycles. The summed E-state index contributed by atoms with van der Waals surface area (Å²) in [7, 11) is -3.79. The van der Waals surface area contributed by atoms with Crippen molar-refractivity contribution in [3.8, 4) is 0 Å². The Morgan fingerprint density at radius 3 is 2.00 bits per heavy atom. The van der Waals surface area contributed by atoms with Crippen molar-refractivity contribution in [2.75, 3.05) is 11.6 Å². The SMILES string of the molecule is CC(C)c1cccc(C(C)C)c1NC(=O)c1ccc(S(C)(=O)=O)c([N+](=O)[O-])c1. The lowest BCUT2D eigenvalue weighted by molar-refractivity contribution is -0.387. The first-order chi connectivity index (χ1) is 12.9. The lowest BCUT2D eigenvalue weighted by atomic mass is 9.92. The van der Waals surface area contributed by atoms with Crippen molar-refractivity contribution in [3.63, 3.8) is 0 Å². The number of carbonyl (C=O) groups excluding carboxylic acids is 1. The number of sulfone groups is 1. The van der Waals surface area contributed by atoms with Crippen LogP contribution in [0.5, 0.6) is 0 Å². The fourth-order valence-electron chi connectivity index (χ4n) is 3.00. The number of hydrogen-bond acceptors (Lipinski definition) is 5. The Hall–Kier alpha value is -2.74. The number of nitrogens with zero attached hydrogens (tertiary/aromatic N) is 1. The largest absolute Gasteiger partial charge is 0.321 e. The minimum atomic E-state index is -3.79. The van der Waals surface area contributed by atoms with E-state index < -0.39 is 31.3 Å². The van der Waals surface area contributed by atoms with Crippen LogP contribution in [0.4, 0.5) is 11.4 Å². The second-order valence-corrected chi connectivity index (χ2v) is 9.27. The molecule has 0 aromatic heterocycles. The summed E-state index contributed by atoms with van der Waals surface area (Å²) in [6.07, 6.45) is 0.892. The van der Waals surface area contributed by atoms with Gasteiger partial charge < -0.3 is 5.32 Å². The highest BCUT2D eigenvalue weighted by Crippen LogP contribution is 2.33. The summed E-state index contributed by atoms with van der Waals surface area (Å²) in [5, 5.41) is 14.2. The summed E-state index contributed by atoms with van der Waals surface area (Å²) < 4.78 is 23.5. The first-order valence-electron chi connectivity index (χ1n) is 8.86. The van der Waals surface area contributed by atoms with E-state index in [4.69, 9.17) is 0 Å². The molecular formula is C20H24N2O5S. The van der Waals surface area contributed by atoms with E-state index in [-0.39, 0.29) is 17.4 Å². The summed E-state index contributed by atoms with van der Waals surface area (Å²) >= 11 is 0. The fraction of sp³-hybridized carbons (Fsp3) is 0.350. The van der Waals surface area contributed by atoms with Crippen LogP contribution in [-0.2, 0) is 9.84 Å². The van der Waals surface area contributed by atoms with Crippen molar-refractivity contribution in [3.05, 3.63) is 63.2 Å². The standard InChI is InChI=1S/C20H24N2O5S/c1-12(2)15-7-6-8-16(13(3)4)19(15)21-20(23)14-9-10-18(28(5,26)27)17(11-14)22(24)25/h6-13H,1-5H3,(H,21,23). The highest BCUT2D eigenvalue weighted by molar-refractivity contribution is 7.90. The fourth-order valence-corrected chi connectivity index (χ4v) is 3.82. The Kier molecular flexibility index (Phi) is 6.23. The predicted molar refractivity (Wildman–Crippen MR) is 109 cm³/mol. The van der Waals surface area contributed by atoms with Crippen molar-refractivity contribution in [2.45, 2.75) is 44.4 Å². The zero-order chi connectivity index (χ0) is 21.2. The van der Waals surface area contributed by atoms with Gasteiger partial charge in [0.2, 0.25) is 0 Å². The Morgan fingerprint density at radius 1 is 1.04 bits per heavy atom. The molecule has 0 fully saturated rings. The van der Waals surface area contributed by atoms with Gasteiger partial charge in [0.25, 0.3) is 11.6 Å². The maximum Gasteiger partial charge on any atom is 0.288 e. The van der Waals surface area contributed by atoms with E-state index in [9.17, 15) is 23.3 Å². The van der Waals surface area contributed by atoms with Crippen LogP contribution in [0, 0.1) is 10.1 Å². The van der Waals surface area contributed by atoms with Gasteiger partial charge in [-0.25, -0.2) is 8.42 Å². The van der Waals surface area contributed by atoms with Crippen LogP contribution in [0.1, 0.15) is 61.0 Å². The Balaban J connectivity index is 2.52. The highest BCUT2D eigenvalue weighted by atomic mass is 32.2. The number of benzene rings is 2. The first kappa shape index (κ1) is 21.6. The van der Waals surface area contributed by atoms with Gasteiger partial charge in [0.05, 0.1) is 4.92 Å². The molecule has 0 radical (unpaired) electrons. The second kappa shape index (κ2) is 8.10. The quantitative estimate of drug-likeness (QED) is 0.564. The first-order valence-corrected chi connectivity index (χ1v) is 10.7. The summed E-state index contributed by atoms with van der Waals surface area (Å²) in [4.78, 5) is 22.9. The molecule has 1 N–H and O–H groups in total. The van der Waals surface area contributed by atoms with E-state index in [0.29, 0.717) is 5.69 Å². The van der Waals surface area contributed by atoms with Gasteiger partial charge in [-0.3, -0.25) is 14.9 Å². The summed E-state index contributed by atoms with van der Waals surface area (Å²) in [5.41, 5.74) is 2.01. The van der Waals surface area contributed by atoms with Crippen molar-refractivity contribution in [1.82, 2.24) is 0 Å². The molecule has 0 atom stereocenters. The zero-order valence-corrected chi connectivity index (χ0v) is 17.3. The normalized spacial score (nSPS) is 11.7. The van der Waals surface area contributed by atoms with Crippen molar-refractivity contribution < 1.29 is 18.1 Å². The van der Waals surface area contributed by atoms with Gasteiger partial charge >= 0.3 is 0 Å². The number of carbonyl (C=O) groups is 1. The topological polar surface area (TPSA) is 106 Å². The van der Waals surface area contributed by atoms with Crippen LogP contribution in [0.25, 0.3) is 0 Å². The molecule has 0 saturated heterocycles. The minimum Gasteiger partial charge on any atom is -0.321 e. The van der Waals surface area contributed by atoms with Gasteiger partial charge in [0, 0.05) is 23.6 Å². The third-order valence-corrected chi connectivity index (χ3v) is 5.57. The van der Waals surface area contributed by atoms with E-state index in [1.807, 2.05) is 45.9 Å². The number of nitro groups is 1. The van der Waals surface area contributed by atoms with E-state index in [2.05, 4.69) is 5.32 Å². The second-order valence-electron chi connectivity index (χ2n) is 7.29. The van der Waals surface area contributed by atoms with Crippen LogP contribution >= 0.6 is 0 Å². The van der Waals surface area contributed by atoms with E-state index in [1.54, 1.807) is 0 Å². The Morgan fingerprint density at radius 2 is 1.57 bits per heavy atom. The number of anilines is 1. The van der Waals surface area contributed by atoms with Gasteiger partial charge in [0.15, 0.2) is 9.84 Å². The number of rotatable bonds is 6. The molecule has 0 unspecified atom stereocenters. The molecule has 0 aliphatic rings. The molecule has 2 rings (SSSR count). The molecule has 8 heteroatoms. The van der Waals surface area contributed by atoms with E-state index in [1.165, 1.54) is 6.07 Å². The summed E-state index contributed by atoms with van der Waals surface area (Å²) in [5.74, 6) is -0.204. The smallest absolute Gasteiger partial charge is 0.288 e. The molecule has 150 valence electrons. The van der Waals surface area contributed by atoms with Gasteiger partial charge in [-0.15, -0.1) is 0 Å². The molecule has 0 spiro atoms. The average Bonchev–Trinajstić information content (AvgIpc) is 2.60. The third-order valence-electron chi connectivity index (χ3n) is 4.43. The molecule has 2 aromatic rings. The molecule has 0 aliphatic heterocycles. The Labute approximate surface area is 164 Å². The molecule has 0 saturated carbocycles. The van der Waals surface area contributed by atoms with E-state index >= 15 is 0 Å². The maximum atomic E-state index is 12.8. The van der Waals surface area contributed by atoms with Crippen molar-refractivity contribution in [1.29, 1.82) is 0 Å². The van der Waals surface area contributed by atoms with Gasteiger partial charge in [-0.05, 0) is 35.1 Å². The lowest BCUT2D eigenvalue weighted by Gasteiger charge is -2.20. The molecule has 0 heterocycles. The number of nitrogens with one attached hydrogen (secondary N) is 1. The lowest BCUT2D eigenvalue weighted by Crippen LogP contribution is -2.16. The molecule has 0 bridgehead atoms. The van der Waals surface area contributed by atoms with E-state index in [0.717, 1.165) is 29.5 Å². The molecule has 1 amide bonds. The van der Waals surface area contributed by atoms with Gasteiger partial charge in [-0.2, -0.15) is 0 Å². The van der Waals surface area contributed by atoms with Crippen LogP contribution in [0.15, 0.2) is 41.3 Å². The van der Waals surface area contributed by atoms with Crippen molar-refractivity contribution >= 4 is 27.1 Å². The number of para-hydroxylation sites is 1. The third kappa shape index (κ3) is 4.56. The monoisotopic (exact) mass is 404 g/mol. The number of hydrogen-bond donors (Lipinski definition) is 1. The molecule has 2 aromatic carbocycles. The van der Waals surface area contributed by atoms with Crippen LogP contribution in [0.2, 0.25) is 0 Å². The average molecular weight is 404 g/mol. The number of nitro benzene ring substituents is 1. The predicted octanol–water partition coefficient (Wildman–Crippen LogP) is 4.50. The zero-order valence-electron chi connectivity index (χ0n) is 16.5. The molecular weight excluding hydrogens is 380 g/mol. The maximum absolute atomic E-state index is 12.8. The van der Waals surface area contributed by atoms with Crippen LogP contribution in [0.3, 0.4) is 0 Å². The molecule has 28 heavy (non-hydrogen) atoms. The summed E-state index contributed by atoms with van der Waals surface area (Å²) in [6, 6.07) is 9.18. The molecule has 7 nitrogen and oxygen atoms in total. The summed E-state index contributed by atoms with van der Waals surface area (Å²) in [6.45, 7) is 8.06. The van der Waals surface area contributed by atoms with Crippen molar-refractivity contribution in [2.24, 2.45) is 0 Å². The van der Waals surface area contributed by atoms with Crippen LogP contribution in [-0.4, -0.2) is 25.5 Å². The van der Waals surface area contributed by atoms with Crippen LogP contribution < -0.4 is 5.32 Å². The highest BCUT2D eigenvalue weighted by Gasteiger charge is 2.25.